The lowest BCUT2D eigenvalue weighted by Gasteiger charge is -2.41. The van der Waals surface area contributed by atoms with Gasteiger partial charge in [-0.3, -0.25) is 4.90 Å². The van der Waals surface area contributed by atoms with Gasteiger partial charge in [0.2, 0.25) is 0 Å². The quantitative estimate of drug-likeness (QED) is 0.818. The third-order valence-corrected chi connectivity index (χ3v) is 4.16. The predicted molar refractivity (Wildman–Crippen MR) is 93.8 cm³/mol. The molecule has 1 rings (SSSR count). The predicted octanol–water partition coefficient (Wildman–Crippen LogP) is 4.19. The lowest BCUT2D eigenvalue weighted by Crippen LogP contribution is -2.54. The molecular formula is C19H34N2. The Morgan fingerprint density at radius 2 is 1.52 bits per heavy atom. The van der Waals surface area contributed by atoms with Crippen molar-refractivity contribution in [2.45, 2.75) is 72.0 Å². The Morgan fingerprint density at radius 3 is 1.86 bits per heavy atom. The van der Waals surface area contributed by atoms with Gasteiger partial charge in [0.1, 0.15) is 0 Å². The molecule has 0 amide bonds. The molecule has 2 nitrogen and oxygen atoms in total. The molecule has 0 aliphatic rings. The van der Waals surface area contributed by atoms with Crippen LogP contribution in [0.25, 0.3) is 0 Å². The van der Waals surface area contributed by atoms with Gasteiger partial charge in [-0.2, -0.15) is 0 Å². The van der Waals surface area contributed by atoms with Gasteiger partial charge < -0.3 is 5.32 Å². The summed E-state index contributed by atoms with van der Waals surface area (Å²) in [5.41, 5.74) is 3.19. The molecule has 2 heteroatoms. The minimum atomic E-state index is 0.174. The van der Waals surface area contributed by atoms with Gasteiger partial charge >= 0.3 is 0 Å². The summed E-state index contributed by atoms with van der Waals surface area (Å²) in [7, 11) is 2.06. The van der Waals surface area contributed by atoms with E-state index in [1.807, 2.05) is 0 Å². The van der Waals surface area contributed by atoms with Crippen molar-refractivity contribution in [2.75, 3.05) is 13.6 Å². The van der Waals surface area contributed by atoms with Crippen LogP contribution in [0.1, 0.15) is 59.6 Å². The van der Waals surface area contributed by atoms with E-state index in [1.54, 1.807) is 0 Å². The first kappa shape index (κ1) is 18.2. The summed E-state index contributed by atoms with van der Waals surface area (Å²) in [5, 5.41) is 3.48. The van der Waals surface area contributed by atoms with Crippen molar-refractivity contribution < 1.29 is 0 Å². The van der Waals surface area contributed by atoms with Gasteiger partial charge in [-0.1, -0.05) is 52.0 Å². The molecule has 120 valence electrons. The zero-order chi connectivity index (χ0) is 16.3. The zero-order valence-electron chi connectivity index (χ0n) is 15.2. The van der Waals surface area contributed by atoms with E-state index in [0.29, 0.717) is 6.17 Å². The van der Waals surface area contributed by atoms with Gasteiger partial charge in [-0.05, 0) is 50.9 Å². The van der Waals surface area contributed by atoms with Crippen LogP contribution in [-0.4, -0.2) is 30.2 Å². The van der Waals surface area contributed by atoms with Crippen LogP contribution in [0.2, 0.25) is 0 Å². The van der Waals surface area contributed by atoms with Crippen molar-refractivity contribution >= 4 is 0 Å². The molecule has 1 atom stereocenters. The summed E-state index contributed by atoms with van der Waals surface area (Å²) < 4.78 is 0. The number of nitrogens with one attached hydrogen (secondary N) is 1. The van der Waals surface area contributed by atoms with Crippen LogP contribution in [0, 0.1) is 0 Å². The number of nitrogens with zero attached hydrogens (tertiary/aromatic N) is 1. The van der Waals surface area contributed by atoms with Crippen LogP contribution < -0.4 is 5.32 Å². The van der Waals surface area contributed by atoms with Crippen molar-refractivity contribution in [3.63, 3.8) is 0 Å². The number of hydrogen-bond acceptors (Lipinski definition) is 2. The smallest absolute Gasteiger partial charge is 0.0640 e. The molecule has 1 N–H and O–H groups in total. The van der Waals surface area contributed by atoms with Crippen LogP contribution >= 0.6 is 0 Å². The molecule has 0 heterocycles. The number of rotatable bonds is 5. The standard InChI is InChI=1S/C19H34N2/c1-9-21(19(5,6)7)17(20-8)14-15-10-12-16(13-11-15)18(2,3)4/h10-13,17,20H,9,14H2,1-8H3. The monoisotopic (exact) mass is 290 g/mol. The Labute approximate surface area is 131 Å². The largest absolute Gasteiger partial charge is 0.305 e. The van der Waals surface area contributed by atoms with Crippen molar-refractivity contribution in [2.24, 2.45) is 0 Å². The highest BCUT2D eigenvalue weighted by Gasteiger charge is 2.26. The summed E-state index contributed by atoms with van der Waals surface area (Å²) in [6.07, 6.45) is 1.40. The summed E-state index contributed by atoms with van der Waals surface area (Å²) in [5.74, 6) is 0. The second kappa shape index (κ2) is 6.93. The molecule has 0 spiro atoms. The molecule has 1 unspecified atom stereocenters. The molecule has 1 aromatic carbocycles. The van der Waals surface area contributed by atoms with Gasteiger partial charge in [0.25, 0.3) is 0 Å². The fourth-order valence-electron chi connectivity index (χ4n) is 2.89. The minimum absolute atomic E-state index is 0.174. The highest BCUT2D eigenvalue weighted by atomic mass is 15.3. The van der Waals surface area contributed by atoms with Gasteiger partial charge in [0.05, 0.1) is 6.17 Å². The SMILES string of the molecule is CCN(C(Cc1ccc(C(C)(C)C)cc1)NC)C(C)(C)C. The number of likely N-dealkylation sites (N-methyl/N-ethyl adjacent to an activating group) is 2. The summed E-state index contributed by atoms with van der Waals surface area (Å²) >= 11 is 0. The van der Waals surface area contributed by atoms with Gasteiger partial charge in [-0.15, -0.1) is 0 Å². The second-order valence-corrected chi connectivity index (χ2v) is 7.91. The third-order valence-electron chi connectivity index (χ3n) is 4.16. The van der Waals surface area contributed by atoms with E-state index >= 15 is 0 Å². The second-order valence-electron chi connectivity index (χ2n) is 7.91. The Bertz CT molecular complexity index is 420. The summed E-state index contributed by atoms with van der Waals surface area (Å²) in [6, 6.07) is 9.10. The zero-order valence-corrected chi connectivity index (χ0v) is 15.2. The van der Waals surface area contributed by atoms with E-state index in [9.17, 15) is 0 Å². The number of hydrogen-bond donors (Lipinski definition) is 1. The molecule has 0 fully saturated rings. The first-order chi connectivity index (χ1) is 9.59. The fourth-order valence-corrected chi connectivity index (χ4v) is 2.89. The van der Waals surface area contributed by atoms with Crippen molar-refractivity contribution in [3.8, 4) is 0 Å². The van der Waals surface area contributed by atoms with Gasteiger partial charge in [0, 0.05) is 12.0 Å². The molecule has 0 saturated heterocycles. The van der Waals surface area contributed by atoms with E-state index in [0.717, 1.165) is 13.0 Å². The van der Waals surface area contributed by atoms with Crippen LogP contribution in [0.4, 0.5) is 0 Å². The molecule has 0 saturated carbocycles. The summed E-state index contributed by atoms with van der Waals surface area (Å²) in [6.45, 7) is 16.9. The van der Waals surface area contributed by atoms with Crippen LogP contribution in [0.5, 0.6) is 0 Å². The maximum Gasteiger partial charge on any atom is 0.0640 e. The van der Waals surface area contributed by atoms with E-state index in [2.05, 4.69) is 90.0 Å². The van der Waals surface area contributed by atoms with E-state index in [1.165, 1.54) is 11.1 Å². The average Bonchev–Trinajstić information content (AvgIpc) is 2.36. The molecule has 0 bridgehead atoms. The Hall–Kier alpha value is -0.860. The normalized spacial score (nSPS) is 14.5. The van der Waals surface area contributed by atoms with E-state index in [-0.39, 0.29) is 11.0 Å². The topological polar surface area (TPSA) is 15.3 Å². The maximum absolute atomic E-state index is 3.48. The highest BCUT2D eigenvalue weighted by Crippen LogP contribution is 2.23. The molecule has 0 aromatic heterocycles. The van der Waals surface area contributed by atoms with Gasteiger partial charge in [-0.25, -0.2) is 0 Å². The van der Waals surface area contributed by atoms with E-state index in [4.69, 9.17) is 0 Å². The van der Waals surface area contributed by atoms with Crippen molar-refractivity contribution in [3.05, 3.63) is 35.4 Å². The lowest BCUT2D eigenvalue weighted by molar-refractivity contribution is 0.0733. The van der Waals surface area contributed by atoms with E-state index < -0.39 is 0 Å². The Balaban J connectivity index is 2.87. The minimum Gasteiger partial charge on any atom is -0.305 e. The first-order valence-corrected chi connectivity index (χ1v) is 8.13. The average molecular weight is 290 g/mol. The Morgan fingerprint density at radius 1 is 1.00 bits per heavy atom. The first-order valence-electron chi connectivity index (χ1n) is 8.13. The van der Waals surface area contributed by atoms with Gasteiger partial charge in [0.15, 0.2) is 0 Å². The van der Waals surface area contributed by atoms with Crippen molar-refractivity contribution in [1.29, 1.82) is 0 Å². The molecule has 0 aliphatic heterocycles. The lowest BCUT2D eigenvalue weighted by atomic mass is 9.86. The number of benzene rings is 1. The highest BCUT2D eigenvalue weighted by molar-refractivity contribution is 5.28. The maximum atomic E-state index is 3.48. The molecule has 21 heavy (non-hydrogen) atoms. The van der Waals surface area contributed by atoms with Crippen molar-refractivity contribution in [1.82, 2.24) is 10.2 Å². The van der Waals surface area contributed by atoms with Crippen LogP contribution in [0.3, 0.4) is 0 Å². The van der Waals surface area contributed by atoms with Crippen LogP contribution in [-0.2, 0) is 11.8 Å². The molecule has 0 aliphatic carbocycles. The Kier molecular flexibility index (Phi) is 6.01. The van der Waals surface area contributed by atoms with Crippen LogP contribution in [0.15, 0.2) is 24.3 Å². The fraction of sp³-hybridized carbons (Fsp3) is 0.684. The summed E-state index contributed by atoms with van der Waals surface area (Å²) in [4.78, 5) is 2.52. The molecular weight excluding hydrogens is 256 g/mol. The molecule has 0 radical (unpaired) electrons. The third kappa shape index (κ3) is 5.12. The molecule has 1 aromatic rings.